The molecule has 0 radical (unpaired) electrons. The number of ether oxygens (including phenoxy) is 1. The number of hydrogen-bond acceptors (Lipinski definition) is 4. The number of amides is 1. The predicted molar refractivity (Wildman–Crippen MR) is 61.7 cm³/mol. The molecule has 1 N–H and O–H groups in total. The van der Waals surface area contributed by atoms with Crippen LogP contribution in [0.3, 0.4) is 0 Å². The van der Waals surface area contributed by atoms with E-state index in [-0.39, 0.29) is 5.91 Å². The standard InChI is InChI=1S/C11H20N2O3/c1-4-13(5-2)10(14)6-8-12-9-7-11(15)16-3/h7,9,12H,4-6,8H2,1-3H3/b9-7+. The molecule has 0 aromatic carbocycles. The van der Waals surface area contributed by atoms with Crippen molar-refractivity contribution in [2.45, 2.75) is 20.3 Å². The Morgan fingerprint density at radius 2 is 1.94 bits per heavy atom. The maximum absolute atomic E-state index is 11.5. The fraction of sp³-hybridized carbons (Fsp3) is 0.636. The number of carbonyl (C=O) groups is 2. The Balaban J connectivity index is 3.70. The van der Waals surface area contributed by atoms with Crippen molar-refractivity contribution in [3.63, 3.8) is 0 Å². The summed E-state index contributed by atoms with van der Waals surface area (Å²) in [7, 11) is 1.32. The van der Waals surface area contributed by atoms with Gasteiger partial charge in [0.15, 0.2) is 0 Å². The van der Waals surface area contributed by atoms with Gasteiger partial charge in [-0.2, -0.15) is 0 Å². The molecule has 0 aromatic heterocycles. The molecule has 0 fully saturated rings. The van der Waals surface area contributed by atoms with Gasteiger partial charge in [0.25, 0.3) is 0 Å². The summed E-state index contributed by atoms with van der Waals surface area (Å²) in [6, 6.07) is 0. The Labute approximate surface area is 96.4 Å². The minimum atomic E-state index is -0.414. The van der Waals surface area contributed by atoms with Gasteiger partial charge in [-0.1, -0.05) is 0 Å². The molecular weight excluding hydrogens is 208 g/mol. The molecule has 0 saturated heterocycles. The fourth-order valence-electron chi connectivity index (χ4n) is 1.19. The first-order valence-corrected chi connectivity index (χ1v) is 5.41. The molecule has 0 aliphatic rings. The van der Waals surface area contributed by atoms with Crippen molar-refractivity contribution in [1.29, 1.82) is 0 Å². The zero-order valence-electron chi connectivity index (χ0n) is 10.2. The first kappa shape index (κ1) is 14.5. The van der Waals surface area contributed by atoms with Gasteiger partial charge in [0, 0.05) is 38.3 Å². The Morgan fingerprint density at radius 3 is 2.44 bits per heavy atom. The molecule has 0 atom stereocenters. The van der Waals surface area contributed by atoms with E-state index in [9.17, 15) is 9.59 Å². The summed E-state index contributed by atoms with van der Waals surface area (Å²) in [5.74, 6) is -0.300. The lowest BCUT2D eigenvalue weighted by atomic mass is 10.3. The third kappa shape index (κ3) is 6.06. The molecular formula is C11H20N2O3. The van der Waals surface area contributed by atoms with Gasteiger partial charge in [0.1, 0.15) is 0 Å². The minimum Gasteiger partial charge on any atom is -0.466 e. The smallest absolute Gasteiger partial charge is 0.331 e. The van der Waals surface area contributed by atoms with E-state index in [2.05, 4.69) is 10.1 Å². The molecule has 0 spiro atoms. The van der Waals surface area contributed by atoms with Crippen LogP contribution < -0.4 is 5.32 Å². The van der Waals surface area contributed by atoms with Gasteiger partial charge in [0.2, 0.25) is 5.91 Å². The average molecular weight is 228 g/mol. The Morgan fingerprint density at radius 1 is 1.31 bits per heavy atom. The quantitative estimate of drug-likeness (QED) is 0.392. The monoisotopic (exact) mass is 228 g/mol. The van der Waals surface area contributed by atoms with Crippen LogP contribution in [0, 0.1) is 0 Å². The van der Waals surface area contributed by atoms with Crippen LogP contribution in [0.1, 0.15) is 20.3 Å². The van der Waals surface area contributed by atoms with Crippen molar-refractivity contribution in [1.82, 2.24) is 10.2 Å². The Hall–Kier alpha value is -1.52. The van der Waals surface area contributed by atoms with Crippen LogP contribution in [0.2, 0.25) is 0 Å². The van der Waals surface area contributed by atoms with E-state index in [0.29, 0.717) is 13.0 Å². The first-order chi connectivity index (χ1) is 7.65. The second-order valence-electron chi connectivity index (χ2n) is 3.13. The Kier molecular flexibility index (Phi) is 7.93. The van der Waals surface area contributed by atoms with E-state index in [1.807, 2.05) is 13.8 Å². The molecule has 0 saturated carbocycles. The molecule has 0 unspecified atom stereocenters. The van der Waals surface area contributed by atoms with Crippen LogP contribution in [0.5, 0.6) is 0 Å². The molecule has 5 nitrogen and oxygen atoms in total. The molecule has 0 aliphatic heterocycles. The summed E-state index contributed by atoms with van der Waals surface area (Å²) in [6.07, 6.45) is 3.19. The molecule has 0 aromatic rings. The van der Waals surface area contributed by atoms with E-state index in [4.69, 9.17) is 0 Å². The van der Waals surface area contributed by atoms with Crippen molar-refractivity contribution < 1.29 is 14.3 Å². The van der Waals surface area contributed by atoms with Crippen molar-refractivity contribution in [3.05, 3.63) is 12.3 Å². The van der Waals surface area contributed by atoms with Crippen LogP contribution in [-0.4, -0.2) is 43.5 Å². The van der Waals surface area contributed by atoms with Gasteiger partial charge in [-0.15, -0.1) is 0 Å². The predicted octanol–water partition coefficient (Wildman–Crippen LogP) is 0.521. The number of hydrogen-bond donors (Lipinski definition) is 1. The number of nitrogens with one attached hydrogen (secondary N) is 1. The van der Waals surface area contributed by atoms with Gasteiger partial charge in [-0.3, -0.25) is 4.79 Å². The zero-order valence-corrected chi connectivity index (χ0v) is 10.2. The van der Waals surface area contributed by atoms with Gasteiger partial charge < -0.3 is 15.0 Å². The molecule has 5 heteroatoms. The summed E-state index contributed by atoms with van der Waals surface area (Å²) in [6.45, 7) is 5.88. The molecule has 0 aliphatic carbocycles. The normalized spacial score (nSPS) is 10.2. The summed E-state index contributed by atoms with van der Waals surface area (Å²) in [5.41, 5.74) is 0. The highest BCUT2D eigenvalue weighted by Crippen LogP contribution is 1.92. The van der Waals surface area contributed by atoms with Crippen LogP contribution in [0.25, 0.3) is 0 Å². The lowest BCUT2D eigenvalue weighted by Gasteiger charge is -2.18. The number of rotatable bonds is 7. The van der Waals surface area contributed by atoms with E-state index >= 15 is 0 Å². The minimum absolute atomic E-state index is 0.115. The largest absolute Gasteiger partial charge is 0.466 e. The fourth-order valence-corrected chi connectivity index (χ4v) is 1.19. The summed E-state index contributed by atoms with van der Waals surface area (Å²) in [4.78, 5) is 24.0. The number of esters is 1. The second-order valence-corrected chi connectivity index (χ2v) is 3.13. The van der Waals surface area contributed by atoms with Crippen molar-refractivity contribution in [2.24, 2.45) is 0 Å². The second kappa shape index (κ2) is 8.76. The highest BCUT2D eigenvalue weighted by atomic mass is 16.5. The number of carbonyl (C=O) groups excluding carboxylic acids is 2. The van der Waals surface area contributed by atoms with Crippen molar-refractivity contribution >= 4 is 11.9 Å². The van der Waals surface area contributed by atoms with Gasteiger partial charge in [-0.05, 0) is 13.8 Å². The molecule has 92 valence electrons. The average Bonchev–Trinajstić information content (AvgIpc) is 2.29. The summed E-state index contributed by atoms with van der Waals surface area (Å²) in [5, 5.41) is 2.86. The van der Waals surface area contributed by atoms with E-state index in [1.165, 1.54) is 19.4 Å². The number of nitrogens with zero attached hydrogens (tertiary/aromatic N) is 1. The molecule has 1 amide bonds. The number of methoxy groups -OCH3 is 1. The highest BCUT2D eigenvalue weighted by Gasteiger charge is 2.07. The third-order valence-corrected chi connectivity index (χ3v) is 2.14. The topological polar surface area (TPSA) is 58.6 Å². The van der Waals surface area contributed by atoms with Gasteiger partial charge in [-0.25, -0.2) is 4.79 Å². The van der Waals surface area contributed by atoms with Gasteiger partial charge in [0.05, 0.1) is 7.11 Å². The lowest BCUT2D eigenvalue weighted by Crippen LogP contribution is -2.32. The highest BCUT2D eigenvalue weighted by molar-refractivity contribution is 5.81. The molecule has 0 rings (SSSR count). The van der Waals surface area contributed by atoms with Crippen LogP contribution in [0.15, 0.2) is 12.3 Å². The third-order valence-electron chi connectivity index (χ3n) is 2.14. The van der Waals surface area contributed by atoms with Crippen LogP contribution in [0.4, 0.5) is 0 Å². The summed E-state index contributed by atoms with van der Waals surface area (Å²) >= 11 is 0. The summed E-state index contributed by atoms with van der Waals surface area (Å²) < 4.78 is 4.41. The van der Waals surface area contributed by atoms with E-state index < -0.39 is 5.97 Å². The van der Waals surface area contributed by atoms with Crippen LogP contribution >= 0.6 is 0 Å². The molecule has 0 heterocycles. The molecule has 16 heavy (non-hydrogen) atoms. The Bertz CT molecular complexity index is 248. The van der Waals surface area contributed by atoms with E-state index in [0.717, 1.165) is 13.1 Å². The zero-order chi connectivity index (χ0) is 12.4. The van der Waals surface area contributed by atoms with Gasteiger partial charge >= 0.3 is 5.97 Å². The van der Waals surface area contributed by atoms with Crippen molar-refractivity contribution in [2.75, 3.05) is 26.7 Å². The maximum atomic E-state index is 11.5. The lowest BCUT2D eigenvalue weighted by molar-refractivity contribution is -0.134. The van der Waals surface area contributed by atoms with E-state index in [1.54, 1.807) is 4.90 Å². The maximum Gasteiger partial charge on any atom is 0.331 e. The SMILES string of the molecule is CCN(CC)C(=O)CCN/C=C/C(=O)OC. The van der Waals surface area contributed by atoms with Crippen LogP contribution in [-0.2, 0) is 14.3 Å². The molecule has 0 bridgehead atoms. The first-order valence-electron chi connectivity index (χ1n) is 5.41. The van der Waals surface area contributed by atoms with Crippen molar-refractivity contribution in [3.8, 4) is 0 Å².